The number of hydrogen-bond acceptors (Lipinski definition) is 2. The van der Waals surface area contributed by atoms with Crippen LogP contribution in [0.25, 0.3) is 0 Å². The summed E-state index contributed by atoms with van der Waals surface area (Å²) in [6.07, 6.45) is 0. The fourth-order valence-electron chi connectivity index (χ4n) is 1.37. The maximum absolute atomic E-state index is 11.2. The van der Waals surface area contributed by atoms with Crippen molar-refractivity contribution in [2.75, 3.05) is 5.32 Å². The van der Waals surface area contributed by atoms with Crippen LogP contribution in [0.4, 0.5) is 5.69 Å². The number of benzene rings is 1. The molecule has 1 aromatic rings. The summed E-state index contributed by atoms with van der Waals surface area (Å²) in [5, 5.41) is 11.7. The summed E-state index contributed by atoms with van der Waals surface area (Å²) in [7, 11) is 0. The Hall–Kier alpha value is -2.28. The third-order valence-corrected chi connectivity index (χ3v) is 2.64. The smallest absolute Gasteiger partial charge is 0.313 e. The Bertz CT molecular complexity index is 518. The first kappa shape index (κ1) is 13.8. The zero-order valence-electron chi connectivity index (χ0n) is 10.6. The number of anilines is 1. The van der Waals surface area contributed by atoms with E-state index in [0.717, 1.165) is 0 Å². The van der Waals surface area contributed by atoms with Crippen LogP contribution in [-0.2, 0) is 15.0 Å². The van der Waals surface area contributed by atoms with E-state index in [1.165, 1.54) is 0 Å². The Balaban J connectivity index is 2.89. The molecule has 0 unspecified atom stereocenters. The zero-order valence-corrected chi connectivity index (χ0v) is 10.6. The zero-order chi connectivity index (χ0) is 13.8. The fourth-order valence-corrected chi connectivity index (χ4v) is 1.37. The highest BCUT2D eigenvalue weighted by molar-refractivity contribution is 6.03. The number of aliphatic carboxylic acids is 1. The standard InChI is InChI=1S/C14H15NO3/c1-4-5-12(16)15-11-8-6-10(7-9-11)14(2,3)13(17)18/h6-9H,1-3H3,(H,15,16)(H,17,18). The first-order chi connectivity index (χ1) is 8.37. The molecule has 0 saturated carbocycles. The molecular formula is C14H15NO3. The van der Waals surface area contributed by atoms with E-state index in [9.17, 15) is 9.59 Å². The minimum Gasteiger partial charge on any atom is -0.481 e. The third kappa shape index (κ3) is 3.11. The third-order valence-electron chi connectivity index (χ3n) is 2.64. The second kappa shape index (κ2) is 5.37. The number of carboxylic acids is 1. The van der Waals surface area contributed by atoms with Crippen LogP contribution in [0.15, 0.2) is 24.3 Å². The minimum absolute atomic E-state index is 0.386. The number of nitrogens with one attached hydrogen (secondary N) is 1. The van der Waals surface area contributed by atoms with Crippen molar-refractivity contribution in [3.05, 3.63) is 29.8 Å². The molecule has 0 aliphatic carbocycles. The lowest BCUT2D eigenvalue weighted by molar-refractivity contribution is -0.142. The number of carboxylic acid groups (broad SMARTS) is 1. The molecule has 0 radical (unpaired) electrons. The maximum Gasteiger partial charge on any atom is 0.313 e. The molecule has 4 heteroatoms. The maximum atomic E-state index is 11.2. The van der Waals surface area contributed by atoms with E-state index in [1.807, 2.05) is 0 Å². The molecule has 0 saturated heterocycles. The van der Waals surface area contributed by atoms with Crippen LogP contribution in [0.5, 0.6) is 0 Å². The van der Waals surface area contributed by atoms with Crippen LogP contribution in [-0.4, -0.2) is 17.0 Å². The number of rotatable bonds is 3. The molecule has 1 rings (SSSR count). The lowest BCUT2D eigenvalue weighted by Crippen LogP contribution is -2.28. The van der Waals surface area contributed by atoms with Crippen molar-refractivity contribution in [1.29, 1.82) is 0 Å². The Morgan fingerprint density at radius 1 is 1.22 bits per heavy atom. The van der Waals surface area contributed by atoms with Crippen molar-refractivity contribution in [2.24, 2.45) is 0 Å². The molecular weight excluding hydrogens is 230 g/mol. The molecule has 4 nitrogen and oxygen atoms in total. The molecule has 94 valence electrons. The Morgan fingerprint density at radius 2 is 1.78 bits per heavy atom. The van der Waals surface area contributed by atoms with Crippen LogP contribution in [0.3, 0.4) is 0 Å². The Morgan fingerprint density at radius 3 is 2.22 bits per heavy atom. The Labute approximate surface area is 106 Å². The van der Waals surface area contributed by atoms with Crippen molar-refractivity contribution in [1.82, 2.24) is 0 Å². The molecule has 0 atom stereocenters. The van der Waals surface area contributed by atoms with Gasteiger partial charge < -0.3 is 10.4 Å². The van der Waals surface area contributed by atoms with Crippen LogP contribution >= 0.6 is 0 Å². The average Bonchev–Trinajstić information content (AvgIpc) is 2.29. The van der Waals surface area contributed by atoms with Crippen molar-refractivity contribution in [3.8, 4) is 11.8 Å². The molecule has 0 aromatic heterocycles. The molecule has 0 spiro atoms. The van der Waals surface area contributed by atoms with Crippen molar-refractivity contribution in [2.45, 2.75) is 26.2 Å². The monoisotopic (exact) mass is 245 g/mol. The highest BCUT2D eigenvalue weighted by Gasteiger charge is 2.29. The van der Waals surface area contributed by atoms with E-state index in [0.29, 0.717) is 11.3 Å². The van der Waals surface area contributed by atoms with Gasteiger partial charge in [0.05, 0.1) is 5.41 Å². The lowest BCUT2D eigenvalue weighted by atomic mass is 9.85. The van der Waals surface area contributed by atoms with Crippen molar-refractivity contribution < 1.29 is 14.7 Å². The second-order valence-electron chi connectivity index (χ2n) is 4.34. The van der Waals surface area contributed by atoms with Gasteiger partial charge in [0.15, 0.2) is 0 Å². The summed E-state index contributed by atoms with van der Waals surface area (Å²) in [6, 6.07) is 6.69. The van der Waals surface area contributed by atoms with Gasteiger partial charge in [0.2, 0.25) is 0 Å². The summed E-state index contributed by atoms with van der Waals surface area (Å²) >= 11 is 0. The fraction of sp³-hybridized carbons (Fsp3) is 0.286. The van der Waals surface area contributed by atoms with Crippen LogP contribution in [0.1, 0.15) is 26.3 Å². The van der Waals surface area contributed by atoms with E-state index in [2.05, 4.69) is 17.2 Å². The van der Waals surface area contributed by atoms with Gasteiger partial charge in [-0.25, -0.2) is 0 Å². The van der Waals surface area contributed by atoms with Gasteiger partial charge in [-0.1, -0.05) is 18.1 Å². The first-order valence-electron chi connectivity index (χ1n) is 5.45. The molecule has 0 heterocycles. The summed E-state index contributed by atoms with van der Waals surface area (Å²) in [6.45, 7) is 4.84. The highest BCUT2D eigenvalue weighted by Crippen LogP contribution is 2.24. The topological polar surface area (TPSA) is 66.4 Å². The van der Waals surface area contributed by atoms with Crippen LogP contribution in [0.2, 0.25) is 0 Å². The van der Waals surface area contributed by atoms with Gasteiger partial charge in [0.1, 0.15) is 0 Å². The molecule has 2 N–H and O–H groups in total. The van der Waals surface area contributed by atoms with Gasteiger partial charge in [0, 0.05) is 5.69 Å². The van der Waals surface area contributed by atoms with E-state index < -0.39 is 11.4 Å². The van der Waals surface area contributed by atoms with Crippen LogP contribution in [0, 0.1) is 11.8 Å². The molecule has 0 aliphatic heterocycles. The van der Waals surface area contributed by atoms with Gasteiger partial charge in [-0.05, 0) is 44.4 Å². The molecule has 1 amide bonds. The minimum atomic E-state index is -0.953. The molecule has 0 bridgehead atoms. The van der Waals surface area contributed by atoms with Crippen molar-refractivity contribution in [3.63, 3.8) is 0 Å². The quantitative estimate of drug-likeness (QED) is 0.800. The van der Waals surface area contributed by atoms with E-state index in [-0.39, 0.29) is 5.91 Å². The average molecular weight is 245 g/mol. The number of carbonyl (C=O) groups is 2. The van der Waals surface area contributed by atoms with Gasteiger partial charge in [-0.3, -0.25) is 9.59 Å². The van der Waals surface area contributed by atoms with Gasteiger partial charge >= 0.3 is 5.97 Å². The summed E-state index contributed by atoms with van der Waals surface area (Å²) < 4.78 is 0. The lowest BCUT2D eigenvalue weighted by Gasteiger charge is -2.19. The SMILES string of the molecule is CC#CC(=O)Nc1ccc(C(C)(C)C(=O)O)cc1. The summed E-state index contributed by atoms with van der Waals surface area (Å²) in [5.41, 5.74) is 0.313. The normalized spacial score (nSPS) is 10.2. The van der Waals surface area contributed by atoms with E-state index in [4.69, 9.17) is 5.11 Å². The molecule has 18 heavy (non-hydrogen) atoms. The molecule has 0 aliphatic rings. The Kier molecular flexibility index (Phi) is 4.11. The largest absolute Gasteiger partial charge is 0.481 e. The van der Waals surface area contributed by atoms with E-state index >= 15 is 0 Å². The second-order valence-corrected chi connectivity index (χ2v) is 4.34. The summed E-state index contributed by atoms with van der Waals surface area (Å²) in [5.74, 6) is 3.58. The predicted molar refractivity (Wildman–Crippen MR) is 69.2 cm³/mol. The number of hydrogen-bond donors (Lipinski definition) is 2. The van der Waals surface area contributed by atoms with Gasteiger partial charge in [-0.15, -0.1) is 0 Å². The number of carbonyl (C=O) groups excluding carboxylic acids is 1. The number of amides is 1. The first-order valence-corrected chi connectivity index (χ1v) is 5.45. The van der Waals surface area contributed by atoms with Gasteiger partial charge in [0.25, 0.3) is 5.91 Å². The van der Waals surface area contributed by atoms with Gasteiger partial charge in [-0.2, -0.15) is 0 Å². The van der Waals surface area contributed by atoms with E-state index in [1.54, 1.807) is 45.0 Å². The molecule has 0 fully saturated rings. The predicted octanol–water partition coefficient (Wildman–Crippen LogP) is 2.01. The molecule has 1 aromatic carbocycles. The van der Waals surface area contributed by atoms with Crippen LogP contribution < -0.4 is 5.32 Å². The highest BCUT2D eigenvalue weighted by atomic mass is 16.4. The summed E-state index contributed by atoms with van der Waals surface area (Å²) in [4.78, 5) is 22.3. The van der Waals surface area contributed by atoms with Crippen molar-refractivity contribution >= 4 is 17.6 Å².